The first-order valence-corrected chi connectivity index (χ1v) is 11.9. The van der Waals surface area contributed by atoms with Gasteiger partial charge in [0.25, 0.3) is 0 Å². The summed E-state index contributed by atoms with van der Waals surface area (Å²) >= 11 is 1.49. The lowest BCUT2D eigenvalue weighted by Gasteiger charge is -2.12. The van der Waals surface area contributed by atoms with Crippen molar-refractivity contribution in [1.29, 1.82) is 0 Å². The van der Waals surface area contributed by atoms with E-state index in [2.05, 4.69) is 43.2 Å². The van der Waals surface area contributed by atoms with Crippen LogP contribution >= 0.6 is 11.3 Å². The standard InChI is InChI=1S/C26H32N2O3S/c1-6-30-21-11-9-20(10-12-21)25-19(5)32-26(28-25)27-24(29)8-7-15-31-22-13-14-23(17(2)3)18(4)16-22/h9-14,16-17H,6-8,15H2,1-5H3,(H,27,28,29). The number of hydrogen-bond acceptors (Lipinski definition) is 5. The van der Waals surface area contributed by atoms with Gasteiger partial charge in [0.15, 0.2) is 5.13 Å². The van der Waals surface area contributed by atoms with Gasteiger partial charge in [0.05, 0.1) is 18.9 Å². The first-order chi connectivity index (χ1) is 15.4. The topological polar surface area (TPSA) is 60.5 Å². The van der Waals surface area contributed by atoms with Crippen LogP contribution in [0.4, 0.5) is 5.13 Å². The van der Waals surface area contributed by atoms with Gasteiger partial charge >= 0.3 is 0 Å². The lowest BCUT2D eigenvalue weighted by atomic mass is 9.98. The first kappa shape index (κ1) is 23.8. The summed E-state index contributed by atoms with van der Waals surface area (Å²) in [7, 11) is 0. The molecule has 0 radical (unpaired) electrons. The number of amides is 1. The Balaban J connectivity index is 1.48. The summed E-state index contributed by atoms with van der Waals surface area (Å²) in [5.74, 6) is 2.14. The summed E-state index contributed by atoms with van der Waals surface area (Å²) < 4.78 is 11.3. The second-order valence-electron chi connectivity index (χ2n) is 8.05. The molecule has 0 aliphatic carbocycles. The number of rotatable bonds is 10. The van der Waals surface area contributed by atoms with Gasteiger partial charge < -0.3 is 14.8 Å². The first-order valence-electron chi connectivity index (χ1n) is 11.1. The van der Waals surface area contributed by atoms with Crippen LogP contribution in [0.25, 0.3) is 11.3 Å². The van der Waals surface area contributed by atoms with Gasteiger partial charge in [-0.25, -0.2) is 4.98 Å². The number of benzene rings is 2. The number of hydrogen-bond donors (Lipinski definition) is 1. The fraction of sp³-hybridized carbons (Fsp3) is 0.385. The van der Waals surface area contributed by atoms with E-state index in [1.165, 1.54) is 22.5 Å². The van der Waals surface area contributed by atoms with Crippen molar-refractivity contribution in [2.24, 2.45) is 0 Å². The number of anilines is 1. The normalized spacial score (nSPS) is 10.9. The van der Waals surface area contributed by atoms with E-state index in [0.717, 1.165) is 27.6 Å². The number of aromatic nitrogens is 1. The molecule has 0 saturated carbocycles. The highest BCUT2D eigenvalue weighted by Gasteiger charge is 2.12. The molecule has 5 nitrogen and oxygen atoms in total. The van der Waals surface area contributed by atoms with Crippen LogP contribution in [0.3, 0.4) is 0 Å². The second-order valence-corrected chi connectivity index (χ2v) is 9.26. The molecule has 0 spiro atoms. The third-order valence-corrected chi connectivity index (χ3v) is 6.05. The van der Waals surface area contributed by atoms with E-state index in [4.69, 9.17) is 9.47 Å². The summed E-state index contributed by atoms with van der Waals surface area (Å²) in [6.45, 7) is 11.6. The molecule has 0 saturated heterocycles. The van der Waals surface area contributed by atoms with E-state index in [1.54, 1.807) is 0 Å². The molecule has 1 aromatic heterocycles. The third kappa shape index (κ3) is 6.33. The number of thiazole rings is 1. The Morgan fingerprint density at radius 1 is 1.06 bits per heavy atom. The molecule has 0 aliphatic heterocycles. The average molecular weight is 453 g/mol. The molecule has 6 heteroatoms. The molecule has 0 fully saturated rings. The van der Waals surface area contributed by atoms with Crippen molar-refractivity contribution < 1.29 is 14.3 Å². The molecule has 170 valence electrons. The predicted molar refractivity (Wildman–Crippen MR) is 132 cm³/mol. The molecule has 0 unspecified atom stereocenters. The van der Waals surface area contributed by atoms with Crippen LogP contribution in [0.5, 0.6) is 11.5 Å². The smallest absolute Gasteiger partial charge is 0.226 e. The lowest BCUT2D eigenvalue weighted by Crippen LogP contribution is -2.12. The molecular weight excluding hydrogens is 420 g/mol. The van der Waals surface area contributed by atoms with Crippen molar-refractivity contribution in [2.75, 3.05) is 18.5 Å². The molecule has 3 aromatic rings. The van der Waals surface area contributed by atoms with Crippen molar-refractivity contribution in [3.8, 4) is 22.8 Å². The summed E-state index contributed by atoms with van der Waals surface area (Å²) in [5, 5.41) is 3.54. The van der Waals surface area contributed by atoms with Gasteiger partial charge in [0.2, 0.25) is 5.91 Å². The summed E-state index contributed by atoms with van der Waals surface area (Å²) in [4.78, 5) is 18.0. The molecule has 1 amide bonds. The van der Waals surface area contributed by atoms with Crippen LogP contribution in [0.15, 0.2) is 42.5 Å². The van der Waals surface area contributed by atoms with E-state index in [0.29, 0.717) is 37.1 Å². The van der Waals surface area contributed by atoms with Gasteiger partial charge in [0, 0.05) is 16.9 Å². The van der Waals surface area contributed by atoms with Gasteiger partial charge in [-0.2, -0.15) is 0 Å². The SMILES string of the molecule is CCOc1ccc(-c2nc(NC(=O)CCCOc3ccc(C(C)C)c(C)c3)sc2C)cc1. The molecule has 0 atom stereocenters. The molecule has 0 bridgehead atoms. The number of nitrogens with one attached hydrogen (secondary N) is 1. The third-order valence-electron chi connectivity index (χ3n) is 5.16. The summed E-state index contributed by atoms with van der Waals surface area (Å²) in [5.41, 5.74) is 4.46. The van der Waals surface area contributed by atoms with Crippen molar-refractivity contribution in [3.63, 3.8) is 0 Å². The largest absolute Gasteiger partial charge is 0.494 e. The van der Waals surface area contributed by atoms with E-state index >= 15 is 0 Å². The van der Waals surface area contributed by atoms with Crippen molar-refractivity contribution >= 4 is 22.4 Å². The van der Waals surface area contributed by atoms with Gasteiger partial charge in [-0.3, -0.25) is 4.79 Å². The zero-order valence-electron chi connectivity index (χ0n) is 19.5. The maximum Gasteiger partial charge on any atom is 0.226 e. The number of carbonyl (C=O) groups is 1. The fourth-order valence-electron chi connectivity index (χ4n) is 3.58. The van der Waals surface area contributed by atoms with Crippen LogP contribution in [-0.4, -0.2) is 24.1 Å². The van der Waals surface area contributed by atoms with E-state index in [9.17, 15) is 4.79 Å². The Morgan fingerprint density at radius 2 is 1.78 bits per heavy atom. The highest BCUT2D eigenvalue weighted by Crippen LogP contribution is 2.31. The minimum atomic E-state index is -0.0491. The highest BCUT2D eigenvalue weighted by atomic mass is 32.1. The highest BCUT2D eigenvalue weighted by molar-refractivity contribution is 7.16. The Hall–Kier alpha value is -2.86. The quantitative estimate of drug-likeness (QED) is 0.346. The van der Waals surface area contributed by atoms with Gasteiger partial charge in [-0.05, 0) is 80.6 Å². The van der Waals surface area contributed by atoms with Crippen molar-refractivity contribution in [1.82, 2.24) is 4.98 Å². The Morgan fingerprint density at radius 3 is 2.44 bits per heavy atom. The average Bonchev–Trinajstić information content (AvgIpc) is 3.11. The Bertz CT molecular complexity index is 1040. The fourth-order valence-corrected chi connectivity index (χ4v) is 4.44. The molecule has 1 heterocycles. The zero-order chi connectivity index (χ0) is 23.1. The van der Waals surface area contributed by atoms with E-state index in [1.807, 2.05) is 44.2 Å². The Kier molecular flexibility index (Phi) is 8.28. The minimum Gasteiger partial charge on any atom is -0.494 e. The maximum absolute atomic E-state index is 12.4. The second kappa shape index (κ2) is 11.1. The zero-order valence-corrected chi connectivity index (χ0v) is 20.3. The molecule has 1 N–H and O–H groups in total. The van der Waals surface area contributed by atoms with Crippen LogP contribution in [0.1, 0.15) is 55.5 Å². The van der Waals surface area contributed by atoms with Crippen LogP contribution < -0.4 is 14.8 Å². The number of carbonyl (C=O) groups excluding carboxylic acids is 1. The van der Waals surface area contributed by atoms with Crippen LogP contribution in [0.2, 0.25) is 0 Å². The van der Waals surface area contributed by atoms with Crippen LogP contribution in [0, 0.1) is 13.8 Å². The number of aryl methyl sites for hydroxylation is 2. The lowest BCUT2D eigenvalue weighted by molar-refractivity contribution is -0.116. The van der Waals surface area contributed by atoms with Gasteiger partial charge in [-0.1, -0.05) is 19.9 Å². The number of nitrogens with zero attached hydrogens (tertiary/aromatic N) is 1. The molecular formula is C26H32N2O3S. The molecule has 32 heavy (non-hydrogen) atoms. The maximum atomic E-state index is 12.4. The molecule has 0 aliphatic rings. The van der Waals surface area contributed by atoms with Gasteiger partial charge in [-0.15, -0.1) is 11.3 Å². The molecule has 2 aromatic carbocycles. The van der Waals surface area contributed by atoms with Crippen molar-refractivity contribution in [3.05, 3.63) is 58.5 Å². The minimum absolute atomic E-state index is 0.0491. The van der Waals surface area contributed by atoms with E-state index < -0.39 is 0 Å². The molecule has 3 rings (SSSR count). The number of ether oxygens (including phenoxy) is 2. The van der Waals surface area contributed by atoms with E-state index in [-0.39, 0.29) is 5.91 Å². The van der Waals surface area contributed by atoms with Crippen molar-refractivity contribution in [2.45, 2.75) is 53.4 Å². The summed E-state index contributed by atoms with van der Waals surface area (Å²) in [6.07, 6.45) is 1.03. The Labute approximate surface area is 194 Å². The monoisotopic (exact) mass is 452 g/mol. The van der Waals surface area contributed by atoms with Crippen LogP contribution in [-0.2, 0) is 4.79 Å². The summed E-state index contributed by atoms with van der Waals surface area (Å²) in [6, 6.07) is 14.0. The predicted octanol–water partition coefficient (Wildman–Crippen LogP) is 6.75. The van der Waals surface area contributed by atoms with Gasteiger partial charge in [0.1, 0.15) is 11.5 Å².